The molecule has 0 aliphatic heterocycles. The summed E-state index contributed by atoms with van der Waals surface area (Å²) >= 11 is 5.63. The van der Waals surface area contributed by atoms with Crippen LogP contribution in [0.4, 0.5) is 14.1 Å². The molecule has 0 amide bonds. The summed E-state index contributed by atoms with van der Waals surface area (Å²) in [7, 11) is 0. The van der Waals surface area contributed by atoms with Crippen molar-refractivity contribution in [2.45, 2.75) is 35.5 Å². The van der Waals surface area contributed by atoms with Crippen LogP contribution in [0.5, 0.6) is 0 Å². The van der Waals surface area contributed by atoms with Crippen molar-refractivity contribution in [3.05, 3.63) is 91.0 Å². The fourth-order valence-electron chi connectivity index (χ4n) is 2.05. The van der Waals surface area contributed by atoms with E-state index in [-0.39, 0.29) is 14.1 Å². The zero-order chi connectivity index (χ0) is 19.6. The number of halogens is 3. The molecule has 0 aliphatic carbocycles. The van der Waals surface area contributed by atoms with Gasteiger partial charge in [-0.1, -0.05) is 75.4 Å². The molecule has 0 radical (unpaired) electrons. The van der Waals surface area contributed by atoms with Crippen LogP contribution in [0.25, 0.3) is 0 Å². The Kier molecular flexibility index (Phi) is 26.3. The summed E-state index contributed by atoms with van der Waals surface area (Å²) in [6, 6.07) is 31.3. The van der Waals surface area contributed by atoms with Gasteiger partial charge in [0.05, 0.1) is 0 Å². The van der Waals surface area contributed by atoms with Crippen molar-refractivity contribution in [1.82, 2.24) is 0 Å². The van der Waals surface area contributed by atoms with E-state index < -0.39 is 0 Å². The lowest BCUT2D eigenvalue weighted by molar-refractivity contribution is 1.11. The Morgan fingerprint density at radius 2 is 0.600 bits per heavy atom. The van der Waals surface area contributed by atoms with Crippen LogP contribution in [0.2, 0.25) is 0 Å². The van der Waals surface area contributed by atoms with E-state index in [0.717, 1.165) is 17.3 Å². The highest BCUT2D eigenvalue weighted by molar-refractivity contribution is 7.99. The Balaban J connectivity index is -0.000000347. The topological polar surface area (TPSA) is 0 Å². The molecule has 168 valence electrons. The van der Waals surface area contributed by atoms with Crippen molar-refractivity contribution in [2.75, 3.05) is 17.3 Å². The number of benzene rings is 3. The number of hydrogen-bond donors (Lipinski definition) is 0. The largest absolute Gasteiger partial charge is 0.269 e. The summed E-state index contributed by atoms with van der Waals surface area (Å²) in [5, 5.41) is 0. The summed E-state index contributed by atoms with van der Waals surface area (Å²) in [4.78, 5) is 4.08. The minimum Gasteiger partial charge on any atom is -0.269 e. The molecule has 6 heteroatoms. The first-order chi connectivity index (χ1) is 13.3. The second-order valence-corrected chi connectivity index (χ2v) is 9.25. The second kappa shape index (κ2) is 23.8. The summed E-state index contributed by atoms with van der Waals surface area (Å²) < 4.78 is 0. The Morgan fingerprint density at radius 3 is 0.767 bits per heavy atom. The molecule has 0 saturated heterocycles. The van der Waals surface area contributed by atoms with Crippen LogP contribution in [-0.2, 0) is 0 Å². The molecule has 3 aromatic carbocycles. The van der Waals surface area contributed by atoms with E-state index in [1.165, 1.54) is 14.7 Å². The first kappa shape index (κ1) is 33.1. The van der Waals surface area contributed by atoms with E-state index in [9.17, 15) is 0 Å². The van der Waals surface area contributed by atoms with Gasteiger partial charge in [-0.3, -0.25) is 14.1 Å². The van der Waals surface area contributed by atoms with Crippen LogP contribution in [0.15, 0.2) is 106 Å². The van der Waals surface area contributed by atoms with Crippen molar-refractivity contribution < 1.29 is 14.1 Å². The van der Waals surface area contributed by atoms with Gasteiger partial charge in [0.2, 0.25) is 0 Å². The monoisotopic (exact) mass is 474 g/mol. The van der Waals surface area contributed by atoms with E-state index in [2.05, 4.69) is 93.6 Å². The molecule has 30 heavy (non-hydrogen) atoms. The van der Waals surface area contributed by atoms with Crippen molar-refractivity contribution in [2.24, 2.45) is 0 Å². The Morgan fingerprint density at radius 1 is 0.400 bits per heavy atom. The fraction of sp³-hybridized carbons (Fsp3) is 0.250. The number of rotatable bonds is 6. The van der Waals surface area contributed by atoms with Gasteiger partial charge < -0.3 is 0 Å². The number of thioether (sulfide) groups is 3. The van der Waals surface area contributed by atoms with Crippen LogP contribution < -0.4 is 0 Å². The molecule has 0 bridgehead atoms. The van der Waals surface area contributed by atoms with Gasteiger partial charge in [-0.2, -0.15) is 0 Å². The fourth-order valence-corrected chi connectivity index (χ4v) is 4.10. The minimum absolute atomic E-state index is 0. The molecule has 0 aromatic heterocycles. The molecule has 0 atom stereocenters. The summed E-state index contributed by atoms with van der Waals surface area (Å²) in [6.45, 7) is 6.49. The van der Waals surface area contributed by atoms with Gasteiger partial charge in [-0.05, 0) is 53.7 Å². The highest BCUT2D eigenvalue weighted by atomic mass is 32.2. The van der Waals surface area contributed by atoms with E-state index in [0.29, 0.717) is 0 Å². The Hall–Kier alpha value is -1.50. The first-order valence-electron chi connectivity index (χ1n) is 9.33. The Labute approximate surface area is 192 Å². The molecule has 0 fully saturated rings. The Bertz CT molecular complexity index is 585. The van der Waals surface area contributed by atoms with Crippen LogP contribution in [-0.4, -0.2) is 17.3 Å². The maximum Gasteiger partial charge on any atom is 0.00718 e. The molecule has 0 heterocycles. The SMILES string of the molecule is CCSc1ccccc1.CCSc1ccccc1.CCSc1ccccc1.F.F.F. The molecule has 0 saturated carbocycles. The van der Waals surface area contributed by atoms with Crippen molar-refractivity contribution in [3.63, 3.8) is 0 Å². The highest BCUT2D eigenvalue weighted by Crippen LogP contribution is 2.16. The average Bonchev–Trinajstić information content (AvgIpc) is 2.72. The van der Waals surface area contributed by atoms with Crippen molar-refractivity contribution in [3.8, 4) is 0 Å². The third-order valence-corrected chi connectivity index (χ3v) is 5.85. The van der Waals surface area contributed by atoms with E-state index >= 15 is 0 Å². The zero-order valence-corrected chi connectivity index (χ0v) is 20.2. The molecule has 0 nitrogen and oxygen atoms in total. The van der Waals surface area contributed by atoms with Gasteiger partial charge in [0, 0.05) is 14.7 Å². The molecular weight excluding hydrogens is 441 g/mol. The van der Waals surface area contributed by atoms with Gasteiger partial charge in [-0.25, -0.2) is 0 Å². The average molecular weight is 475 g/mol. The van der Waals surface area contributed by atoms with Crippen molar-refractivity contribution >= 4 is 35.3 Å². The van der Waals surface area contributed by atoms with Crippen LogP contribution >= 0.6 is 35.3 Å². The lowest BCUT2D eigenvalue weighted by atomic mass is 10.4. The molecule has 0 spiro atoms. The predicted octanol–water partition coefficient (Wildman–Crippen LogP) is 8.85. The smallest absolute Gasteiger partial charge is 0.00718 e. The summed E-state index contributed by atoms with van der Waals surface area (Å²) in [5.74, 6) is 3.47. The van der Waals surface area contributed by atoms with E-state index in [1.54, 1.807) is 0 Å². The van der Waals surface area contributed by atoms with Gasteiger partial charge in [0.25, 0.3) is 0 Å². The van der Waals surface area contributed by atoms with E-state index in [4.69, 9.17) is 0 Å². The predicted molar refractivity (Wildman–Crippen MR) is 136 cm³/mol. The highest BCUT2D eigenvalue weighted by Gasteiger charge is 1.86. The van der Waals surface area contributed by atoms with Crippen LogP contribution in [0.3, 0.4) is 0 Å². The molecule has 0 unspecified atom stereocenters. The van der Waals surface area contributed by atoms with Gasteiger partial charge >= 0.3 is 0 Å². The van der Waals surface area contributed by atoms with Crippen LogP contribution in [0, 0.1) is 0 Å². The molecule has 3 aromatic rings. The molecule has 3 rings (SSSR count). The maximum absolute atomic E-state index is 2.16. The lowest BCUT2D eigenvalue weighted by Gasteiger charge is -1.93. The first-order valence-corrected chi connectivity index (χ1v) is 12.3. The van der Waals surface area contributed by atoms with Crippen molar-refractivity contribution in [1.29, 1.82) is 0 Å². The molecule has 0 aliphatic rings. The van der Waals surface area contributed by atoms with Gasteiger partial charge in [0.1, 0.15) is 0 Å². The zero-order valence-electron chi connectivity index (χ0n) is 17.7. The summed E-state index contributed by atoms with van der Waals surface area (Å²) in [5.41, 5.74) is 0. The second-order valence-electron chi connectivity index (χ2n) is 5.24. The van der Waals surface area contributed by atoms with Gasteiger partial charge in [-0.15, -0.1) is 35.3 Å². The molecule has 0 N–H and O–H groups in total. The van der Waals surface area contributed by atoms with Crippen LogP contribution in [0.1, 0.15) is 20.8 Å². The van der Waals surface area contributed by atoms with E-state index in [1.807, 2.05) is 53.5 Å². The standard InChI is InChI=1S/3C8H10S.3FH/c3*1-2-9-8-6-4-3-5-7-8;;;/h3*3-7H,2H2,1H3;3*1H. The normalized spacial score (nSPS) is 8.50. The third kappa shape index (κ3) is 17.4. The number of hydrogen-bond acceptors (Lipinski definition) is 3. The minimum atomic E-state index is 0. The lowest BCUT2D eigenvalue weighted by Crippen LogP contribution is -1.68. The van der Waals surface area contributed by atoms with Gasteiger partial charge in [0.15, 0.2) is 0 Å². The molecular formula is C24H33F3S3. The third-order valence-electron chi connectivity index (χ3n) is 3.16. The maximum atomic E-state index is 2.16. The summed E-state index contributed by atoms with van der Waals surface area (Å²) in [6.07, 6.45) is 0. The quantitative estimate of drug-likeness (QED) is 0.327.